The van der Waals surface area contributed by atoms with Crippen molar-refractivity contribution in [2.75, 3.05) is 14.2 Å². The van der Waals surface area contributed by atoms with Crippen molar-refractivity contribution in [2.24, 2.45) is 0 Å². The van der Waals surface area contributed by atoms with Gasteiger partial charge >= 0.3 is 0 Å². The van der Waals surface area contributed by atoms with Crippen molar-refractivity contribution < 1.29 is 9.13 Å². The smallest absolute Gasteiger partial charge is 0.124 e. The van der Waals surface area contributed by atoms with Crippen LogP contribution in [0.5, 0.6) is 5.75 Å². The minimum atomic E-state index is -0.345. The minimum absolute atomic E-state index is 0.136. The third kappa shape index (κ3) is 3.14. The average Bonchev–Trinajstić information content (AvgIpc) is 2.43. The lowest BCUT2D eigenvalue weighted by molar-refractivity contribution is 0.414. The summed E-state index contributed by atoms with van der Waals surface area (Å²) in [6, 6.07) is 9.99. The van der Waals surface area contributed by atoms with E-state index in [4.69, 9.17) is 16.3 Å². The van der Waals surface area contributed by atoms with Gasteiger partial charge in [0, 0.05) is 9.50 Å². The van der Waals surface area contributed by atoms with E-state index in [9.17, 15) is 4.39 Å². The maximum absolute atomic E-state index is 13.2. The quantitative estimate of drug-likeness (QED) is 0.865. The standard InChI is InChI=1S/C15H14BrClFNO/c1-19-15(12-5-3-9(18)7-14(12)17)11-6-4-10(20-2)8-13(11)16/h3-8,15,19H,1-2H3. The Kier molecular flexibility index (Phi) is 5.02. The van der Waals surface area contributed by atoms with Crippen LogP contribution in [0.4, 0.5) is 4.39 Å². The van der Waals surface area contributed by atoms with Crippen LogP contribution >= 0.6 is 27.5 Å². The normalized spacial score (nSPS) is 12.2. The zero-order valence-corrected chi connectivity index (χ0v) is 13.4. The molecule has 5 heteroatoms. The van der Waals surface area contributed by atoms with Crippen LogP contribution < -0.4 is 10.1 Å². The van der Waals surface area contributed by atoms with Gasteiger partial charge in [-0.1, -0.05) is 39.7 Å². The van der Waals surface area contributed by atoms with Crippen LogP contribution in [-0.4, -0.2) is 14.2 Å². The molecular formula is C15H14BrClFNO. The molecule has 0 aromatic heterocycles. The molecule has 0 amide bonds. The maximum Gasteiger partial charge on any atom is 0.124 e. The van der Waals surface area contributed by atoms with E-state index in [1.54, 1.807) is 13.2 Å². The topological polar surface area (TPSA) is 21.3 Å². The number of ether oxygens (including phenoxy) is 1. The molecule has 0 aliphatic heterocycles. The van der Waals surface area contributed by atoms with Gasteiger partial charge in [-0.3, -0.25) is 0 Å². The van der Waals surface area contributed by atoms with Gasteiger partial charge in [0.2, 0.25) is 0 Å². The first-order valence-corrected chi connectivity index (χ1v) is 7.19. The Labute approximate surface area is 131 Å². The van der Waals surface area contributed by atoms with Gasteiger partial charge in [-0.15, -0.1) is 0 Å². The van der Waals surface area contributed by atoms with Crippen molar-refractivity contribution >= 4 is 27.5 Å². The SMILES string of the molecule is CNC(c1ccc(F)cc1Cl)c1ccc(OC)cc1Br. The monoisotopic (exact) mass is 357 g/mol. The summed E-state index contributed by atoms with van der Waals surface area (Å²) in [5.41, 5.74) is 1.82. The summed E-state index contributed by atoms with van der Waals surface area (Å²) in [4.78, 5) is 0. The maximum atomic E-state index is 13.2. The van der Waals surface area contributed by atoms with E-state index >= 15 is 0 Å². The second kappa shape index (κ2) is 6.57. The average molecular weight is 359 g/mol. The first kappa shape index (κ1) is 15.3. The van der Waals surface area contributed by atoms with Crippen molar-refractivity contribution in [1.29, 1.82) is 0 Å². The molecule has 2 aromatic rings. The molecule has 0 saturated heterocycles. The fraction of sp³-hybridized carbons (Fsp3) is 0.200. The molecule has 0 saturated carbocycles. The molecule has 2 aromatic carbocycles. The van der Waals surface area contributed by atoms with Crippen LogP contribution in [0.1, 0.15) is 17.2 Å². The highest BCUT2D eigenvalue weighted by atomic mass is 79.9. The Balaban J connectivity index is 2.47. The van der Waals surface area contributed by atoms with Crippen LogP contribution in [0.15, 0.2) is 40.9 Å². The number of methoxy groups -OCH3 is 1. The second-order valence-corrected chi connectivity index (χ2v) is 5.54. The largest absolute Gasteiger partial charge is 0.497 e. The van der Waals surface area contributed by atoms with Gasteiger partial charge in [-0.05, 0) is 42.4 Å². The van der Waals surface area contributed by atoms with Crippen molar-refractivity contribution in [3.8, 4) is 5.75 Å². The van der Waals surface area contributed by atoms with E-state index in [2.05, 4.69) is 21.2 Å². The van der Waals surface area contributed by atoms with Crippen LogP contribution in [-0.2, 0) is 0 Å². The summed E-state index contributed by atoms with van der Waals surface area (Å²) in [5.74, 6) is 0.420. The number of nitrogens with one attached hydrogen (secondary N) is 1. The van der Waals surface area contributed by atoms with Crippen LogP contribution in [0, 0.1) is 5.82 Å². The van der Waals surface area contributed by atoms with Crippen molar-refractivity contribution in [1.82, 2.24) is 5.32 Å². The zero-order valence-electron chi connectivity index (χ0n) is 11.1. The van der Waals surface area contributed by atoms with Gasteiger partial charge < -0.3 is 10.1 Å². The molecule has 0 aliphatic rings. The van der Waals surface area contributed by atoms with Crippen molar-refractivity contribution in [3.05, 3.63) is 62.8 Å². The molecule has 106 valence electrons. The lowest BCUT2D eigenvalue weighted by Crippen LogP contribution is -2.18. The van der Waals surface area contributed by atoms with E-state index < -0.39 is 0 Å². The molecule has 0 fully saturated rings. The summed E-state index contributed by atoms with van der Waals surface area (Å²) in [7, 11) is 3.45. The van der Waals surface area contributed by atoms with Gasteiger partial charge in [0.25, 0.3) is 0 Å². The molecule has 0 heterocycles. The van der Waals surface area contributed by atoms with E-state index in [-0.39, 0.29) is 11.9 Å². The molecule has 0 bridgehead atoms. The predicted octanol–water partition coefficient (Wildman–Crippen LogP) is 4.56. The number of benzene rings is 2. The first-order valence-electron chi connectivity index (χ1n) is 6.02. The molecular weight excluding hydrogens is 345 g/mol. The Hall–Kier alpha value is -1.10. The number of hydrogen-bond donors (Lipinski definition) is 1. The Morgan fingerprint density at radius 2 is 1.90 bits per heavy atom. The molecule has 2 rings (SSSR count). The highest BCUT2D eigenvalue weighted by Crippen LogP contribution is 2.34. The Morgan fingerprint density at radius 1 is 1.20 bits per heavy atom. The van der Waals surface area contributed by atoms with Gasteiger partial charge in [-0.25, -0.2) is 4.39 Å². The molecule has 20 heavy (non-hydrogen) atoms. The highest BCUT2D eigenvalue weighted by molar-refractivity contribution is 9.10. The van der Waals surface area contributed by atoms with E-state index in [1.807, 2.05) is 25.2 Å². The van der Waals surface area contributed by atoms with Crippen molar-refractivity contribution in [3.63, 3.8) is 0 Å². The van der Waals surface area contributed by atoms with E-state index in [0.29, 0.717) is 5.02 Å². The molecule has 1 atom stereocenters. The lowest BCUT2D eigenvalue weighted by atomic mass is 9.98. The number of rotatable bonds is 4. The molecule has 0 spiro atoms. The Bertz CT molecular complexity index is 621. The van der Waals surface area contributed by atoms with Gasteiger partial charge in [-0.2, -0.15) is 0 Å². The highest BCUT2D eigenvalue weighted by Gasteiger charge is 2.18. The van der Waals surface area contributed by atoms with Gasteiger partial charge in [0.05, 0.1) is 13.2 Å². The van der Waals surface area contributed by atoms with Crippen LogP contribution in [0.2, 0.25) is 5.02 Å². The lowest BCUT2D eigenvalue weighted by Gasteiger charge is -2.20. The first-order chi connectivity index (χ1) is 9.56. The molecule has 1 N–H and O–H groups in total. The zero-order chi connectivity index (χ0) is 14.7. The molecule has 0 aliphatic carbocycles. The second-order valence-electron chi connectivity index (χ2n) is 4.27. The fourth-order valence-electron chi connectivity index (χ4n) is 2.08. The van der Waals surface area contributed by atoms with Crippen LogP contribution in [0.3, 0.4) is 0 Å². The third-order valence-corrected chi connectivity index (χ3v) is 4.09. The minimum Gasteiger partial charge on any atom is -0.497 e. The summed E-state index contributed by atoms with van der Waals surface area (Å²) in [6.45, 7) is 0. The molecule has 2 nitrogen and oxygen atoms in total. The van der Waals surface area contributed by atoms with Gasteiger partial charge in [0.1, 0.15) is 11.6 Å². The number of halogens is 3. The summed E-state index contributed by atoms with van der Waals surface area (Å²) >= 11 is 9.67. The van der Waals surface area contributed by atoms with Crippen LogP contribution in [0.25, 0.3) is 0 Å². The Morgan fingerprint density at radius 3 is 2.45 bits per heavy atom. The van der Waals surface area contributed by atoms with E-state index in [0.717, 1.165) is 21.3 Å². The van der Waals surface area contributed by atoms with Gasteiger partial charge in [0.15, 0.2) is 0 Å². The summed E-state index contributed by atoms with van der Waals surface area (Å²) in [6.07, 6.45) is 0. The fourth-order valence-corrected chi connectivity index (χ4v) is 2.95. The third-order valence-electron chi connectivity index (χ3n) is 3.08. The number of hydrogen-bond acceptors (Lipinski definition) is 2. The van der Waals surface area contributed by atoms with E-state index in [1.165, 1.54) is 12.1 Å². The summed E-state index contributed by atoms with van der Waals surface area (Å²) < 4.78 is 19.2. The predicted molar refractivity (Wildman–Crippen MR) is 83.0 cm³/mol. The summed E-state index contributed by atoms with van der Waals surface area (Å²) in [5, 5.41) is 3.59. The molecule has 0 radical (unpaired) electrons. The molecule has 1 unspecified atom stereocenters. The van der Waals surface area contributed by atoms with Crippen molar-refractivity contribution in [2.45, 2.75) is 6.04 Å².